The largest absolute Gasteiger partial charge is 0.305 e. The van der Waals surface area contributed by atoms with Crippen LogP contribution in [0.2, 0.25) is 0 Å². The Morgan fingerprint density at radius 2 is 1.15 bits per heavy atom. The summed E-state index contributed by atoms with van der Waals surface area (Å²) in [5.74, 6) is 4.58. The minimum absolute atomic E-state index is 0.611. The highest BCUT2D eigenvalue weighted by Crippen LogP contribution is 2.23. The number of hydrogen-bond acceptors (Lipinski definition) is 3. The van der Waals surface area contributed by atoms with E-state index >= 15 is 0 Å². The van der Waals surface area contributed by atoms with Gasteiger partial charge < -0.3 is 4.90 Å². The Morgan fingerprint density at radius 1 is 0.731 bits per heavy atom. The number of aryl methyl sites for hydroxylation is 4. The summed E-state index contributed by atoms with van der Waals surface area (Å²) in [6.45, 7) is 8.80. The van der Waals surface area contributed by atoms with Gasteiger partial charge in [-0.05, 0) is 64.0 Å². The molecule has 0 N–H and O–H groups in total. The molecule has 0 spiro atoms. The maximum absolute atomic E-state index is 2.38. The molecule has 26 heavy (non-hydrogen) atoms. The number of nitrogens with zero attached hydrogens (tertiary/aromatic N) is 1. The summed E-state index contributed by atoms with van der Waals surface area (Å²) < 4.78 is 0. The van der Waals surface area contributed by atoms with Crippen molar-refractivity contribution in [3.63, 3.8) is 0 Å². The summed E-state index contributed by atoms with van der Waals surface area (Å²) in [5, 5.41) is 0. The predicted octanol–water partition coefficient (Wildman–Crippen LogP) is 6.02. The van der Waals surface area contributed by atoms with Gasteiger partial charge in [-0.1, -0.05) is 47.5 Å². The lowest BCUT2D eigenvalue weighted by Gasteiger charge is -2.24. The van der Waals surface area contributed by atoms with Crippen molar-refractivity contribution >= 4 is 23.5 Å². The van der Waals surface area contributed by atoms with E-state index in [0.717, 1.165) is 11.5 Å². The van der Waals surface area contributed by atoms with Crippen LogP contribution in [0, 0.1) is 27.7 Å². The Hall–Kier alpha value is -0.900. The fourth-order valence-corrected chi connectivity index (χ4v) is 5.69. The molecule has 2 aromatic carbocycles. The summed E-state index contributed by atoms with van der Waals surface area (Å²) in [6, 6.07) is 14.2. The zero-order valence-corrected chi connectivity index (χ0v) is 18.8. The minimum atomic E-state index is 0.611. The molecule has 0 heterocycles. The molecule has 1 nitrogen and oxygen atoms in total. The highest BCUT2D eigenvalue weighted by molar-refractivity contribution is 7.99. The normalized spacial score (nSPS) is 11.5. The third kappa shape index (κ3) is 6.68. The molecular weight excluding hydrogens is 354 g/mol. The van der Waals surface area contributed by atoms with E-state index in [1.54, 1.807) is 0 Å². The molecule has 0 aliphatic rings. The second-order valence-electron chi connectivity index (χ2n) is 7.51. The van der Waals surface area contributed by atoms with Crippen LogP contribution in [0.1, 0.15) is 33.4 Å². The molecule has 0 unspecified atom stereocenters. The van der Waals surface area contributed by atoms with Crippen molar-refractivity contribution in [1.82, 2.24) is 4.90 Å². The van der Waals surface area contributed by atoms with Gasteiger partial charge in [-0.3, -0.25) is 0 Å². The number of hydrogen-bond donors (Lipinski definition) is 0. The topological polar surface area (TPSA) is 3.24 Å². The average molecular weight is 388 g/mol. The first-order valence-electron chi connectivity index (χ1n) is 9.31. The zero-order valence-electron chi connectivity index (χ0n) is 17.1. The second-order valence-corrected chi connectivity index (χ2v) is 9.57. The van der Waals surface area contributed by atoms with Crippen LogP contribution in [0.25, 0.3) is 0 Å². The minimum Gasteiger partial charge on any atom is -0.305 e. The first-order valence-corrected chi connectivity index (χ1v) is 11.6. The average Bonchev–Trinajstić information content (AvgIpc) is 2.59. The van der Waals surface area contributed by atoms with Crippen molar-refractivity contribution in [3.8, 4) is 0 Å². The quantitative estimate of drug-likeness (QED) is 0.518. The van der Waals surface area contributed by atoms with Gasteiger partial charge in [-0.15, -0.1) is 0 Å². The van der Waals surface area contributed by atoms with Gasteiger partial charge in [0, 0.05) is 29.1 Å². The molecule has 0 bridgehead atoms. The molecule has 0 aliphatic carbocycles. The smallest absolute Gasteiger partial charge is 0.0271 e. The van der Waals surface area contributed by atoms with Crippen LogP contribution in [-0.2, 0) is 11.5 Å². The number of rotatable bonds is 9. The second kappa shape index (κ2) is 10.4. The van der Waals surface area contributed by atoms with Crippen molar-refractivity contribution in [1.29, 1.82) is 0 Å². The van der Waals surface area contributed by atoms with Gasteiger partial charge >= 0.3 is 0 Å². The van der Waals surface area contributed by atoms with E-state index in [4.69, 9.17) is 0 Å². The lowest BCUT2D eigenvalue weighted by molar-refractivity contribution is 0.344. The molecular formula is C23H33NS2. The lowest BCUT2D eigenvalue weighted by atomic mass is 10.1. The van der Waals surface area contributed by atoms with Gasteiger partial charge in [0.25, 0.3) is 0 Å². The van der Waals surface area contributed by atoms with Gasteiger partial charge in [0.05, 0.1) is 0 Å². The summed E-state index contributed by atoms with van der Waals surface area (Å²) in [4.78, 5) is 2.38. The first-order chi connectivity index (χ1) is 12.4. The van der Waals surface area contributed by atoms with Gasteiger partial charge in [0.2, 0.25) is 0 Å². The van der Waals surface area contributed by atoms with Crippen molar-refractivity contribution in [2.75, 3.05) is 25.6 Å². The van der Waals surface area contributed by atoms with Crippen molar-refractivity contribution in [2.24, 2.45) is 0 Å². The fourth-order valence-electron chi connectivity index (χ4n) is 2.87. The van der Waals surface area contributed by atoms with E-state index in [-0.39, 0.29) is 0 Å². The van der Waals surface area contributed by atoms with Crippen LogP contribution in [0.4, 0.5) is 0 Å². The van der Waals surface area contributed by atoms with Gasteiger partial charge in [-0.25, -0.2) is 0 Å². The Bertz CT molecular complexity index is 652. The Balaban J connectivity index is 1.83. The van der Waals surface area contributed by atoms with Crippen molar-refractivity contribution in [2.45, 2.75) is 45.2 Å². The molecule has 0 radical (unpaired) electrons. The number of benzene rings is 2. The van der Waals surface area contributed by atoms with Crippen LogP contribution in [0.3, 0.4) is 0 Å². The van der Waals surface area contributed by atoms with Gasteiger partial charge in [0.15, 0.2) is 0 Å². The maximum atomic E-state index is 2.38. The highest BCUT2D eigenvalue weighted by Gasteiger charge is 2.12. The van der Waals surface area contributed by atoms with Gasteiger partial charge in [-0.2, -0.15) is 23.5 Å². The Morgan fingerprint density at radius 3 is 1.54 bits per heavy atom. The SMILES string of the molecule is Cc1ccc(C)c(CSCC(CSCc2cc(C)ccc2C)N(C)C)c1. The van der Waals surface area contributed by atoms with Crippen molar-refractivity contribution in [3.05, 3.63) is 69.8 Å². The van der Waals surface area contributed by atoms with E-state index in [0.29, 0.717) is 6.04 Å². The molecule has 0 atom stereocenters. The van der Waals surface area contributed by atoms with E-state index in [1.165, 1.54) is 44.9 Å². The Kier molecular flexibility index (Phi) is 8.59. The van der Waals surface area contributed by atoms with E-state index in [9.17, 15) is 0 Å². The van der Waals surface area contributed by atoms with Crippen LogP contribution in [0.5, 0.6) is 0 Å². The summed E-state index contributed by atoms with van der Waals surface area (Å²) in [7, 11) is 4.42. The predicted molar refractivity (Wildman–Crippen MR) is 122 cm³/mol. The molecule has 2 aromatic rings. The molecule has 2 rings (SSSR count). The van der Waals surface area contributed by atoms with Crippen LogP contribution in [-0.4, -0.2) is 36.5 Å². The van der Waals surface area contributed by atoms with E-state index in [2.05, 4.69) is 107 Å². The standard InChI is InChI=1S/C23H33NS2/c1-17-7-9-19(3)21(11-17)13-25-15-23(24(5)6)16-26-14-22-12-18(2)8-10-20(22)4/h7-12,23H,13-16H2,1-6H3. The molecule has 0 fully saturated rings. The van der Waals surface area contributed by atoms with Crippen LogP contribution < -0.4 is 0 Å². The molecule has 0 saturated carbocycles. The highest BCUT2D eigenvalue weighted by atomic mass is 32.2. The molecule has 0 amide bonds. The Labute approximate surface area is 169 Å². The monoisotopic (exact) mass is 387 g/mol. The summed E-state index contributed by atoms with van der Waals surface area (Å²) in [6.07, 6.45) is 0. The van der Waals surface area contributed by atoms with Crippen LogP contribution >= 0.6 is 23.5 Å². The summed E-state index contributed by atoms with van der Waals surface area (Å²) >= 11 is 4.13. The lowest BCUT2D eigenvalue weighted by Crippen LogP contribution is -2.32. The van der Waals surface area contributed by atoms with Crippen LogP contribution in [0.15, 0.2) is 36.4 Å². The third-order valence-electron chi connectivity index (χ3n) is 4.88. The molecule has 0 aromatic heterocycles. The molecule has 3 heteroatoms. The first kappa shape index (κ1) is 21.4. The zero-order chi connectivity index (χ0) is 19.1. The molecule has 0 saturated heterocycles. The maximum Gasteiger partial charge on any atom is 0.0271 e. The third-order valence-corrected chi connectivity index (χ3v) is 7.15. The summed E-state index contributed by atoms with van der Waals surface area (Å²) in [5.41, 5.74) is 8.51. The van der Waals surface area contributed by atoms with E-state index in [1.807, 2.05) is 0 Å². The van der Waals surface area contributed by atoms with Crippen molar-refractivity contribution < 1.29 is 0 Å². The fraction of sp³-hybridized carbons (Fsp3) is 0.478. The van der Waals surface area contributed by atoms with Gasteiger partial charge in [0.1, 0.15) is 0 Å². The molecule has 142 valence electrons. The number of thioether (sulfide) groups is 2. The molecule has 0 aliphatic heterocycles. The van der Waals surface area contributed by atoms with E-state index < -0.39 is 0 Å².